The molecule has 0 saturated carbocycles. The van der Waals surface area contributed by atoms with E-state index in [1.165, 1.54) is 12.1 Å². The number of rotatable bonds is 12. The summed E-state index contributed by atoms with van der Waals surface area (Å²) in [6, 6.07) is 17.8. The van der Waals surface area contributed by atoms with E-state index < -0.39 is 17.9 Å². The van der Waals surface area contributed by atoms with Crippen LogP contribution >= 0.6 is 0 Å². The third-order valence-corrected chi connectivity index (χ3v) is 5.65. The summed E-state index contributed by atoms with van der Waals surface area (Å²) in [7, 11) is 0. The number of pyridine rings is 1. The number of nitriles is 1. The van der Waals surface area contributed by atoms with Crippen LogP contribution in [0.15, 0.2) is 60.7 Å². The number of carbonyl (C=O) groups is 2. The molecule has 8 nitrogen and oxygen atoms in total. The zero-order chi connectivity index (χ0) is 25.9. The molecule has 9 heteroatoms. The van der Waals surface area contributed by atoms with E-state index in [0.29, 0.717) is 55.6 Å². The number of amides is 2. The highest BCUT2D eigenvalue weighted by atomic mass is 19.1. The van der Waals surface area contributed by atoms with Crippen molar-refractivity contribution in [2.24, 2.45) is 11.5 Å². The zero-order valence-electron chi connectivity index (χ0n) is 19.8. The third-order valence-electron chi connectivity index (χ3n) is 5.65. The molecule has 0 bridgehead atoms. The van der Waals surface area contributed by atoms with Crippen LogP contribution in [0.3, 0.4) is 0 Å². The molecule has 3 rings (SSSR count). The highest BCUT2D eigenvalue weighted by Crippen LogP contribution is 2.25. The molecule has 3 aromatic rings. The van der Waals surface area contributed by atoms with Gasteiger partial charge in [0, 0.05) is 12.1 Å². The Morgan fingerprint density at radius 1 is 1.08 bits per heavy atom. The predicted molar refractivity (Wildman–Crippen MR) is 136 cm³/mol. The smallest absolute Gasteiger partial charge is 0.255 e. The summed E-state index contributed by atoms with van der Waals surface area (Å²) in [5.74, 6) is -1.19. The van der Waals surface area contributed by atoms with Gasteiger partial charge in [-0.1, -0.05) is 30.3 Å². The molecule has 1 heterocycles. The van der Waals surface area contributed by atoms with Crippen molar-refractivity contribution >= 4 is 17.6 Å². The molecule has 0 spiro atoms. The highest BCUT2D eigenvalue weighted by molar-refractivity contribution is 6.01. The Morgan fingerprint density at radius 2 is 1.89 bits per heavy atom. The van der Waals surface area contributed by atoms with E-state index in [0.717, 1.165) is 5.56 Å². The number of hydrogen-bond donors (Lipinski definition) is 4. The summed E-state index contributed by atoms with van der Waals surface area (Å²) in [5, 5.41) is 15.3. The van der Waals surface area contributed by atoms with Gasteiger partial charge in [0.2, 0.25) is 5.91 Å². The molecule has 0 unspecified atom stereocenters. The van der Waals surface area contributed by atoms with Gasteiger partial charge in [0.05, 0.1) is 22.9 Å². The number of hydrogen-bond acceptors (Lipinski definition) is 6. The molecule has 2 amide bonds. The number of anilines is 1. The molecular formula is C27H29FN6O2. The lowest BCUT2D eigenvalue weighted by atomic mass is 10.0. The zero-order valence-corrected chi connectivity index (χ0v) is 19.8. The maximum absolute atomic E-state index is 13.5. The summed E-state index contributed by atoms with van der Waals surface area (Å²) in [6.07, 6.45) is 2.22. The van der Waals surface area contributed by atoms with E-state index >= 15 is 0 Å². The van der Waals surface area contributed by atoms with E-state index in [1.54, 1.807) is 42.5 Å². The van der Waals surface area contributed by atoms with Crippen LogP contribution in [0.25, 0.3) is 11.3 Å². The van der Waals surface area contributed by atoms with Crippen molar-refractivity contribution in [3.8, 4) is 17.3 Å². The maximum atomic E-state index is 13.5. The van der Waals surface area contributed by atoms with Crippen LogP contribution in [0.2, 0.25) is 0 Å². The van der Waals surface area contributed by atoms with Crippen molar-refractivity contribution < 1.29 is 14.0 Å². The fourth-order valence-corrected chi connectivity index (χ4v) is 3.76. The van der Waals surface area contributed by atoms with Gasteiger partial charge in [0.15, 0.2) is 0 Å². The lowest BCUT2D eigenvalue weighted by molar-refractivity contribution is -0.120. The van der Waals surface area contributed by atoms with Crippen LogP contribution in [0, 0.1) is 17.1 Å². The Labute approximate surface area is 209 Å². The van der Waals surface area contributed by atoms with Crippen LogP contribution in [0.5, 0.6) is 0 Å². The minimum absolute atomic E-state index is 0.220. The minimum Gasteiger partial charge on any atom is -0.369 e. The van der Waals surface area contributed by atoms with E-state index in [-0.39, 0.29) is 17.2 Å². The van der Waals surface area contributed by atoms with Crippen molar-refractivity contribution in [2.45, 2.75) is 31.7 Å². The van der Waals surface area contributed by atoms with Crippen LogP contribution in [-0.2, 0) is 11.2 Å². The SMILES string of the molecule is N#Cc1ccccc1-c1ccc(C(=O)N[C@@H](CCCCN)C(N)=O)c(NCCc2cccc(F)c2)n1. The minimum atomic E-state index is -0.844. The first-order valence-electron chi connectivity index (χ1n) is 11.7. The maximum Gasteiger partial charge on any atom is 0.255 e. The normalized spacial score (nSPS) is 11.4. The fourth-order valence-electron chi connectivity index (χ4n) is 3.76. The van der Waals surface area contributed by atoms with Crippen LogP contribution in [0.4, 0.5) is 10.2 Å². The van der Waals surface area contributed by atoms with Gasteiger partial charge in [0.1, 0.15) is 17.7 Å². The van der Waals surface area contributed by atoms with Crippen molar-refractivity contribution in [1.29, 1.82) is 5.26 Å². The van der Waals surface area contributed by atoms with Gasteiger partial charge in [-0.25, -0.2) is 9.37 Å². The number of nitrogens with two attached hydrogens (primary N) is 2. The fraction of sp³-hybridized carbons (Fsp3) is 0.259. The number of carbonyl (C=O) groups excluding carboxylic acids is 2. The molecule has 0 saturated heterocycles. The van der Waals surface area contributed by atoms with Crippen molar-refractivity contribution in [2.75, 3.05) is 18.4 Å². The molecule has 1 atom stereocenters. The quantitative estimate of drug-likeness (QED) is 0.288. The standard InChI is InChI=1S/C27H29FN6O2/c28-20-8-5-6-18(16-20)13-15-32-26-22(27(36)34-24(25(31)35)10-3-4-14-29)11-12-23(33-26)21-9-2-1-7-19(21)17-30/h1-2,5-9,11-12,16,24H,3-4,10,13-15,29H2,(H2,31,35)(H,32,33)(H,34,36)/t24-/m0/s1. The van der Waals surface area contributed by atoms with Gasteiger partial charge in [-0.05, 0) is 68.1 Å². The number of unbranched alkanes of at least 4 members (excludes halogenated alkanes) is 1. The van der Waals surface area contributed by atoms with Gasteiger partial charge in [-0.2, -0.15) is 5.26 Å². The number of aromatic nitrogens is 1. The summed E-state index contributed by atoms with van der Waals surface area (Å²) < 4.78 is 13.5. The van der Waals surface area contributed by atoms with Gasteiger partial charge in [0.25, 0.3) is 5.91 Å². The Balaban J connectivity index is 1.88. The van der Waals surface area contributed by atoms with Crippen molar-refractivity contribution in [3.63, 3.8) is 0 Å². The molecule has 0 radical (unpaired) electrons. The lowest BCUT2D eigenvalue weighted by Gasteiger charge is -2.18. The van der Waals surface area contributed by atoms with Crippen LogP contribution in [-0.4, -0.2) is 35.9 Å². The molecule has 0 fully saturated rings. The highest BCUT2D eigenvalue weighted by Gasteiger charge is 2.22. The topological polar surface area (TPSA) is 147 Å². The molecule has 186 valence electrons. The number of primary amides is 1. The molecule has 0 aliphatic rings. The first kappa shape index (κ1) is 26.3. The molecule has 2 aromatic carbocycles. The Kier molecular flexibility index (Phi) is 9.48. The Hall–Kier alpha value is -4.29. The first-order chi connectivity index (χ1) is 17.4. The monoisotopic (exact) mass is 488 g/mol. The molecular weight excluding hydrogens is 459 g/mol. The average molecular weight is 489 g/mol. The molecule has 36 heavy (non-hydrogen) atoms. The van der Waals surface area contributed by atoms with Crippen molar-refractivity contribution in [1.82, 2.24) is 10.3 Å². The second-order valence-corrected chi connectivity index (χ2v) is 8.27. The second kappa shape index (κ2) is 13.0. The van der Waals surface area contributed by atoms with Gasteiger partial charge in [-0.3, -0.25) is 9.59 Å². The third kappa shape index (κ3) is 7.10. The van der Waals surface area contributed by atoms with Crippen molar-refractivity contribution in [3.05, 3.63) is 83.2 Å². The predicted octanol–water partition coefficient (Wildman–Crippen LogP) is 3.13. The van der Waals surface area contributed by atoms with Gasteiger partial charge < -0.3 is 22.1 Å². The molecule has 0 aliphatic carbocycles. The van der Waals surface area contributed by atoms with E-state index in [4.69, 9.17) is 11.5 Å². The summed E-state index contributed by atoms with van der Waals surface area (Å²) >= 11 is 0. The van der Waals surface area contributed by atoms with Crippen LogP contribution < -0.4 is 22.1 Å². The number of halogens is 1. The average Bonchev–Trinajstić information content (AvgIpc) is 2.88. The molecule has 6 N–H and O–H groups in total. The van der Waals surface area contributed by atoms with E-state index in [9.17, 15) is 19.2 Å². The van der Waals surface area contributed by atoms with Crippen LogP contribution in [0.1, 0.15) is 40.7 Å². The summed E-state index contributed by atoms with van der Waals surface area (Å²) in [4.78, 5) is 29.7. The van der Waals surface area contributed by atoms with Gasteiger partial charge >= 0.3 is 0 Å². The molecule has 0 aliphatic heterocycles. The lowest BCUT2D eigenvalue weighted by Crippen LogP contribution is -2.44. The summed E-state index contributed by atoms with van der Waals surface area (Å²) in [6.45, 7) is 0.851. The molecule has 1 aromatic heterocycles. The number of benzene rings is 2. The number of nitrogens with zero attached hydrogens (tertiary/aromatic N) is 2. The Morgan fingerprint density at radius 3 is 2.61 bits per heavy atom. The van der Waals surface area contributed by atoms with Gasteiger partial charge in [-0.15, -0.1) is 0 Å². The number of nitrogens with one attached hydrogen (secondary N) is 2. The largest absolute Gasteiger partial charge is 0.369 e. The van der Waals surface area contributed by atoms with E-state index in [2.05, 4.69) is 21.7 Å². The van der Waals surface area contributed by atoms with E-state index in [1.807, 2.05) is 6.07 Å². The Bertz CT molecular complexity index is 1260. The second-order valence-electron chi connectivity index (χ2n) is 8.27. The first-order valence-corrected chi connectivity index (χ1v) is 11.7. The summed E-state index contributed by atoms with van der Waals surface area (Å²) in [5.41, 5.74) is 13.6.